The zero-order valence-electron chi connectivity index (χ0n) is 10.0. The van der Waals surface area contributed by atoms with Crippen molar-refractivity contribution in [3.05, 3.63) is 62.9 Å². The number of hydrogen-bond acceptors (Lipinski definition) is 4. The van der Waals surface area contributed by atoms with Crippen LogP contribution in [-0.4, -0.2) is 10.0 Å². The van der Waals surface area contributed by atoms with Crippen molar-refractivity contribution in [1.29, 1.82) is 0 Å². The number of aliphatic hydroxyl groups is 1. The summed E-state index contributed by atoms with van der Waals surface area (Å²) in [7, 11) is 0. The minimum Gasteiger partial charge on any atom is -0.448 e. The van der Waals surface area contributed by atoms with E-state index in [0.717, 1.165) is 12.1 Å². The van der Waals surface area contributed by atoms with Gasteiger partial charge in [-0.05, 0) is 24.3 Å². The summed E-state index contributed by atoms with van der Waals surface area (Å²) < 4.78 is 18.4. The fourth-order valence-corrected chi connectivity index (χ4v) is 1.83. The first-order valence-corrected chi connectivity index (χ1v) is 5.90. The Morgan fingerprint density at radius 1 is 1.35 bits per heavy atom. The van der Waals surface area contributed by atoms with Crippen molar-refractivity contribution in [3.63, 3.8) is 0 Å². The first-order chi connectivity index (χ1) is 9.52. The third kappa shape index (κ3) is 2.87. The van der Waals surface area contributed by atoms with E-state index in [-0.39, 0.29) is 27.8 Å². The average Bonchev–Trinajstić information content (AvgIpc) is 2.42. The second-order valence-corrected chi connectivity index (χ2v) is 4.26. The Bertz CT molecular complexity index is 663. The molecule has 0 bridgehead atoms. The third-order valence-corrected chi connectivity index (χ3v) is 2.85. The number of halogens is 2. The lowest BCUT2D eigenvalue weighted by molar-refractivity contribution is -0.385. The van der Waals surface area contributed by atoms with Gasteiger partial charge in [-0.25, -0.2) is 4.39 Å². The molecular weight excluding hydrogens is 289 g/mol. The molecule has 1 N–H and O–H groups in total. The second kappa shape index (κ2) is 5.85. The van der Waals surface area contributed by atoms with E-state index in [9.17, 15) is 14.5 Å². The molecule has 0 amide bonds. The highest BCUT2D eigenvalue weighted by atomic mass is 35.5. The van der Waals surface area contributed by atoms with E-state index in [1.165, 1.54) is 24.3 Å². The topological polar surface area (TPSA) is 72.6 Å². The molecule has 0 aliphatic rings. The molecule has 0 saturated heterocycles. The Balaban J connectivity index is 2.47. The summed E-state index contributed by atoms with van der Waals surface area (Å²) in [4.78, 5) is 10.3. The van der Waals surface area contributed by atoms with Crippen LogP contribution in [0.1, 0.15) is 5.56 Å². The van der Waals surface area contributed by atoms with Gasteiger partial charge in [-0.3, -0.25) is 10.1 Å². The maximum atomic E-state index is 13.1. The molecule has 104 valence electrons. The van der Waals surface area contributed by atoms with Gasteiger partial charge in [0.25, 0.3) is 0 Å². The van der Waals surface area contributed by atoms with Crippen molar-refractivity contribution in [2.45, 2.75) is 6.61 Å². The average molecular weight is 298 g/mol. The zero-order valence-corrected chi connectivity index (χ0v) is 10.8. The number of nitro groups is 1. The SMILES string of the molecule is O=[N+]([O-])c1cccc(Cl)c1Oc1ccc(F)cc1CO. The van der Waals surface area contributed by atoms with Crippen molar-refractivity contribution in [3.8, 4) is 11.5 Å². The zero-order chi connectivity index (χ0) is 14.7. The largest absolute Gasteiger partial charge is 0.448 e. The standard InChI is InChI=1S/C13H9ClFNO4/c14-10-2-1-3-11(16(18)19)13(10)20-12-5-4-9(15)6-8(12)7-17/h1-6,17H,7H2. The molecule has 0 saturated carbocycles. The molecule has 2 aromatic carbocycles. The molecule has 7 heteroatoms. The van der Waals surface area contributed by atoms with Crippen molar-refractivity contribution in [2.24, 2.45) is 0 Å². The fourth-order valence-electron chi connectivity index (χ4n) is 1.62. The minimum absolute atomic E-state index is 0.0485. The summed E-state index contributed by atoms with van der Waals surface area (Å²) in [6.45, 7) is -0.467. The van der Waals surface area contributed by atoms with Gasteiger partial charge in [0.1, 0.15) is 11.6 Å². The predicted octanol–water partition coefficient (Wildman–Crippen LogP) is 3.67. The number of rotatable bonds is 4. The van der Waals surface area contributed by atoms with E-state index >= 15 is 0 Å². The van der Waals surface area contributed by atoms with Crippen LogP contribution in [0.5, 0.6) is 11.5 Å². The molecule has 0 aromatic heterocycles. The van der Waals surface area contributed by atoms with Crippen LogP contribution in [-0.2, 0) is 6.61 Å². The monoisotopic (exact) mass is 297 g/mol. The predicted molar refractivity (Wildman–Crippen MR) is 70.5 cm³/mol. The molecule has 0 radical (unpaired) electrons. The molecule has 5 nitrogen and oxygen atoms in total. The smallest absolute Gasteiger partial charge is 0.313 e. The summed E-state index contributed by atoms with van der Waals surface area (Å²) in [5.74, 6) is -0.597. The lowest BCUT2D eigenvalue weighted by atomic mass is 10.2. The molecule has 0 unspecified atom stereocenters. The number of nitro benzene ring substituents is 1. The highest BCUT2D eigenvalue weighted by Gasteiger charge is 2.20. The Hall–Kier alpha value is -2.18. The van der Waals surface area contributed by atoms with Gasteiger partial charge in [0.05, 0.1) is 16.6 Å². The van der Waals surface area contributed by atoms with Gasteiger partial charge >= 0.3 is 5.69 Å². The second-order valence-electron chi connectivity index (χ2n) is 3.86. The quantitative estimate of drug-likeness (QED) is 0.690. The molecule has 0 spiro atoms. The Morgan fingerprint density at radius 2 is 2.10 bits per heavy atom. The molecule has 0 heterocycles. The van der Waals surface area contributed by atoms with Gasteiger partial charge in [0.2, 0.25) is 5.75 Å². The van der Waals surface area contributed by atoms with Crippen LogP contribution in [0.15, 0.2) is 36.4 Å². The van der Waals surface area contributed by atoms with Crippen LogP contribution >= 0.6 is 11.6 Å². The Morgan fingerprint density at radius 3 is 2.75 bits per heavy atom. The van der Waals surface area contributed by atoms with E-state index in [0.29, 0.717) is 0 Å². The molecular formula is C13H9ClFNO4. The van der Waals surface area contributed by atoms with Gasteiger partial charge in [-0.15, -0.1) is 0 Å². The maximum Gasteiger partial charge on any atom is 0.313 e. The van der Waals surface area contributed by atoms with E-state index in [2.05, 4.69) is 0 Å². The lowest BCUT2D eigenvalue weighted by Gasteiger charge is -2.11. The number of ether oxygens (including phenoxy) is 1. The van der Waals surface area contributed by atoms with Gasteiger partial charge < -0.3 is 9.84 Å². The van der Waals surface area contributed by atoms with Crippen LogP contribution < -0.4 is 4.74 Å². The highest BCUT2D eigenvalue weighted by Crippen LogP contribution is 2.38. The van der Waals surface area contributed by atoms with Crippen LogP contribution in [0.4, 0.5) is 10.1 Å². The molecule has 0 fully saturated rings. The van der Waals surface area contributed by atoms with E-state index in [1.807, 2.05) is 0 Å². The summed E-state index contributed by atoms with van der Waals surface area (Å²) in [5.41, 5.74) is -0.148. The first-order valence-electron chi connectivity index (χ1n) is 5.53. The van der Waals surface area contributed by atoms with Crippen LogP contribution in [0, 0.1) is 15.9 Å². The van der Waals surface area contributed by atoms with Gasteiger partial charge in [0.15, 0.2) is 0 Å². The van der Waals surface area contributed by atoms with E-state index in [4.69, 9.17) is 21.4 Å². The molecule has 20 heavy (non-hydrogen) atoms. The number of para-hydroxylation sites is 1. The van der Waals surface area contributed by atoms with Crippen molar-refractivity contribution >= 4 is 17.3 Å². The minimum atomic E-state index is -0.636. The van der Waals surface area contributed by atoms with Gasteiger partial charge in [-0.1, -0.05) is 17.7 Å². The third-order valence-electron chi connectivity index (χ3n) is 2.55. The number of nitrogens with zero attached hydrogens (tertiary/aromatic N) is 1. The molecule has 0 atom stereocenters. The summed E-state index contributed by atoms with van der Waals surface area (Å²) in [6.07, 6.45) is 0. The molecule has 2 aromatic rings. The Kier molecular flexibility index (Phi) is 4.16. The van der Waals surface area contributed by atoms with Crippen molar-refractivity contribution < 1.29 is 19.2 Å². The molecule has 0 aliphatic carbocycles. The normalized spacial score (nSPS) is 10.3. The first kappa shape index (κ1) is 14.2. The number of aliphatic hydroxyl groups excluding tert-OH is 1. The van der Waals surface area contributed by atoms with E-state index in [1.54, 1.807) is 0 Å². The molecule has 2 rings (SSSR count). The highest BCUT2D eigenvalue weighted by molar-refractivity contribution is 6.32. The van der Waals surface area contributed by atoms with Crippen molar-refractivity contribution in [2.75, 3.05) is 0 Å². The number of benzene rings is 2. The lowest BCUT2D eigenvalue weighted by Crippen LogP contribution is -1.97. The molecule has 0 aliphatic heterocycles. The number of hydrogen-bond donors (Lipinski definition) is 1. The van der Waals surface area contributed by atoms with Crippen LogP contribution in [0.3, 0.4) is 0 Å². The summed E-state index contributed by atoms with van der Waals surface area (Å²) in [6, 6.07) is 7.57. The Labute approximate surface area is 118 Å². The van der Waals surface area contributed by atoms with Crippen LogP contribution in [0.25, 0.3) is 0 Å². The summed E-state index contributed by atoms with van der Waals surface area (Å²) >= 11 is 5.88. The fraction of sp³-hybridized carbons (Fsp3) is 0.0769. The van der Waals surface area contributed by atoms with Crippen molar-refractivity contribution in [1.82, 2.24) is 0 Å². The van der Waals surface area contributed by atoms with E-state index < -0.39 is 17.3 Å². The van der Waals surface area contributed by atoms with Crippen LogP contribution in [0.2, 0.25) is 5.02 Å². The van der Waals surface area contributed by atoms with Gasteiger partial charge in [0, 0.05) is 11.6 Å². The summed E-state index contributed by atoms with van der Waals surface area (Å²) in [5, 5.41) is 20.1. The van der Waals surface area contributed by atoms with Gasteiger partial charge in [-0.2, -0.15) is 0 Å². The maximum absolute atomic E-state index is 13.1.